The number of aliphatic hydroxyl groups excluding tert-OH is 4. The summed E-state index contributed by atoms with van der Waals surface area (Å²) in [5.74, 6) is 0. The first-order valence-electron chi connectivity index (χ1n) is 3.95. The number of hydrogen-bond acceptors (Lipinski definition) is 5. The van der Waals surface area contributed by atoms with Crippen LogP contribution in [-0.2, 0) is 4.74 Å². The predicted octanol–water partition coefficient (Wildman–Crippen LogP) is -1.80. The molecule has 0 aromatic carbocycles. The van der Waals surface area contributed by atoms with Gasteiger partial charge in [-0.3, -0.25) is 0 Å². The van der Waals surface area contributed by atoms with Crippen LogP contribution in [0.1, 0.15) is 13.3 Å². The third-order valence-electron chi connectivity index (χ3n) is 2.09. The summed E-state index contributed by atoms with van der Waals surface area (Å²) in [6, 6.07) is 0. The average molecular weight is 178 g/mol. The maximum absolute atomic E-state index is 9.28. The van der Waals surface area contributed by atoms with Crippen molar-refractivity contribution in [1.82, 2.24) is 0 Å². The average Bonchev–Trinajstić information content (AvgIpc) is 2.08. The molecule has 5 nitrogen and oxygen atoms in total. The zero-order valence-electron chi connectivity index (χ0n) is 6.79. The van der Waals surface area contributed by atoms with Gasteiger partial charge in [0.05, 0.1) is 6.10 Å². The Morgan fingerprint density at radius 1 is 1.00 bits per heavy atom. The van der Waals surface area contributed by atoms with Gasteiger partial charge in [0.2, 0.25) is 0 Å². The fraction of sp³-hybridized carbons (Fsp3) is 1.00. The van der Waals surface area contributed by atoms with Crippen LogP contribution in [0, 0.1) is 0 Å². The lowest BCUT2D eigenvalue weighted by atomic mass is 9.97. The molecule has 0 amide bonds. The van der Waals surface area contributed by atoms with Gasteiger partial charge in [-0.2, -0.15) is 0 Å². The highest BCUT2D eigenvalue weighted by Crippen LogP contribution is 2.21. The van der Waals surface area contributed by atoms with Crippen LogP contribution in [0.5, 0.6) is 0 Å². The van der Waals surface area contributed by atoms with E-state index in [1.807, 2.05) is 0 Å². The molecule has 1 rings (SSSR count). The Balaban J connectivity index is 2.63. The van der Waals surface area contributed by atoms with E-state index in [0.717, 1.165) is 0 Å². The summed E-state index contributed by atoms with van der Waals surface area (Å²) in [4.78, 5) is 0. The van der Waals surface area contributed by atoms with Gasteiger partial charge >= 0.3 is 0 Å². The van der Waals surface area contributed by atoms with Gasteiger partial charge < -0.3 is 25.2 Å². The topological polar surface area (TPSA) is 90.2 Å². The van der Waals surface area contributed by atoms with E-state index in [9.17, 15) is 10.2 Å². The van der Waals surface area contributed by atoms with E-state index in [1.165, 1.54) is 0 Å². The third kappa shape index (κ3) is 1.60. The highest BCUT2D eigenvalue weighted by atomic mass is 16.6. The summed E-state index contributed by atoms with van der Waals surface area (Å²) >= 11 is 0. The summed E-state index contributed by atoms with van der Waals surface area (Å²) < 4.78 is 4.83. The van der Waals surface area contributed by atoms with Crippen molar-refractivity contribution >= 4 is 0 Å². The fourth-order valence-electron chi connectivity index (χ4n) is 1.27. The Morgan fingerprint density at radius 3 is 2.08 bits per heavy atom. The van der Waals surface area contributed by atoms with E-state index in [-0.39, 0.29) is 0 Å². The van der Waals surface area contributed by atoms with Crippen molar-refractivity contribution < 1.29 is 25.2 Å². The smallest absolute Gasteiger partial charge is 0.183 e. The molecule has 0 radical (unpaired) electrons. The van der Waals surface area contributed by atoms with Crippen molar-refractivity contribution in [3.63, 3.8) is 0 Å². The standard InChI is InChI=1S/C7H14O5/c1-2-3-4(8)5(9)6(10)7(11)12-3/h3-11H,2H2,1H3/t3-,4+,5+,6+,7?/m0/s1. The van der Waals surface area contributed by atoms with Crippen molar-refractivity contribution in [2.24, 2.45) is 0 Å². The molecule has 1 saturated heterocycles. The molecule has 72 valence electrons. The lowest BCUT2D eigenvalue weighted by Gasteiger charge is -2.37. The van der Waals surface area contributed by atoms with E-state index < -0.39 is 30.7 Å². The zero-order valence-corrected chi connectivity index (χ0v) is 6.79. The quantitative estimate of drug-likeness (QED) is 0.380. The molecule has 0 aromatic rings. The first-order chi connectivity index (χ1) is 5.57. The minimum absolute atomic E-state index is 0.474. The molecule has 12 heavy (non-hydrogen) atoms. The Hall–Kier alpha value is -0.200. The van der Waals surface area contributed by atoms with Gasteiger partial charge in [0.1, 0.15) is 18.3 Å². The summed E-state index contributed by atoms with van der Waals surface area (Å²) in [5.41, 5.74) is 0. The molecule has 5 heteroatoms. The minimum Gasteiger partial charge on any atom is -0.388 e. The molecule has 4 N–H and O–H groups in total. The first-order valence-corrected chi connectivity index (χ1v) is 3.95. The maximum atomic E-state index is 9.28. The number of hydrogen-bond donors (Lipinski definition) is 4. The lowest BCUT2D eigenvalue weighted by Crippen LogP contribution is -2.57. The van der Waals surface area contributed by atoms with Gasteiger partial charge in [-0.1, -0.05) is 6.92 Å². The second kappa shape index (κ2) is 3.68. The van der Waals surface area contributed by atoms with Crippen molar-refractivity contribution in [3.8, 4) is 0 Å². The van der Waals surface area contributed by atoms with Crippen LogP contribution in [0.3, 0.4) is 0 Å². The number of rotatable bonds is 1. The minimum atomic E-state index is -1.43. The summed E-state index contributed by atoms with van der Waals surface area (Å²) in [7, 11) is 0. The van der Waals surface area contributed by atoms with Crippen LogP contribution < -0.4 is 0 Å². The predicted molar refractivity (Wildman–Crippen MR) is 39.2 cm³/mol. The van der Waals surface area contributed by atoms with Crippen molar-refractivity contribution in [1.29, 1.82) is 0 Å². The molecule has 1 aliphatic rings. The van der Waals surface area contributed by atoms with Gasteiger partial charge in [-0.05, 0) is 6.42 Å². The third-order valence-corrected chi connectivity index (χ3v) is 2.09. The Kier molecular flexibility index (Phi) is 3.03. The molecule has 0 aromatic heterocycles. The van der Waals surface area contributed by atoms with Crippen LogP contribution >= 0.6 is 0 Å². The summed E-state index contributed by atoms with van der Waals surface area (Å²) in [6.07, 6.45) is -5.44. The first kappa shape index (κ1) is 9.88. The number of aliphatic hydroxyl groups is 4. The summed E-state index contributed by atoms with van der Waals surface area (Å²) in [5, 5.41) is 36.5. The van der Waals surface area contributed by atoms with Crippen LogP contribution in [0.2, 0.25) is 0 Å². The molecule has 0 bridgehead atoms. The molecular formula is C7H14O5. The zero-order chi connectivity index (χ0) is 9.30. The van der Waals surface area contributed by atoms with Crippen LogP contribution in [0.25, 0.3) is 0 Å². The van der Waals surface area contributed by atoms with Crippen molar-refractivity contribution in [2.75, 3.05) is 0 Å². The van der Waals surface area contributed by atoms with Crippen molar-refractivity contribution in [2.45, 2.75) is 44.1 Å². The maximum Gasteiger partial charge on any atom is 0.183 e. The molecule has 0 saturated carbocycles. The highest BCUT2D eigenvalue weighted by Gasteiger charge is 2.41. The molecule has 0 spiro atoms. The summed E-state index contributed by atoms with van der Waals surface area (Å²) in [6.45, 7) is 1.75. The van der Waals surface area contributed by atoms with Gasteiger partial charge in [-0.15, -0.1) is 0 Å². The molecule has 1 unspecified atom stereocenters. The van der Waals surface area contributed by atoms with Crippen LogP contribution in [0.15, 0.2) is 0 Å². The molecule has 1 heterocycles. The Morgan fingerprint density at radius 2 is 1.58 bits per heavy atom. The monoisotopic (exact) mass is 178 g/mol. The SMILES string of the molecule is CC[C@@H]1OC(O)[C@H](O)[C@H](O)[C@@H]1O. The van der Waals surface area contributed by atoms with E-state index in [4.69, 9.17) is 14.9 Å². The van der Waals surface area contributed by atoms with Gasteiger partial charge in [0.25, 0.3) is 0 Å². The second-order valence-electron chi connectivity index (χ2n) is 2.95. The van der Waals surface area contributed by atoms with E-state index in [2.05, 4.69) is 0 Å². The molecule has 0 aliphatic carbocycles. The van der Waals surface area contributed by atoms with Crippen LogP contribution in [0.4, 0.5) is 0 Å². The van der Waals surface area contributed by atoms with Gasteiger partial charge in [0.15, 0.2) is 6.29 Å². The highest BCUT2D eigenvalue weighted by molar-refractivity contribution is 4.87. The lowest BCUT2D eigenvalue weighted by molar-refractivity contribution is -0.281. The molecule has 1 fully saturated rings. The van der Waals surface area contributed by atoms with E-state index in [1.54, 1.807) is 6.92 Å². The molecule has 1 aliphatic heterocycles. The second-order valence-corrected chi connectivity index (χ2v) is 2.95. The van der Waals surface area contributed by atoms with Gasteiger partial charge in [-0.25, -0.2) is 0 Å². The van der Waals surface area contributed by atoms with E-state index >= 15 is 0 Å². The van der Waals surface area contributed by atoms with Crippen molar-refractivity contribution in [3.05, 3.63) is 0 Å². The van der Waals surface area contributed by atoms with E-state index in [0.29, 0.717) is 6.42 Å². The molecule has 5 atom stereocenters. The largest absolute Gasteiger partial charge is 0.388 e. The molecular weight excluding hydrogens is 164 g/mol. The Labute approximate surface area is 70.2 Å². The Bertz CT molecular complexity index is 146. The van der Waals surface area contributed by atoms with Gasteiger partial charge in [0, 0.05) is 0 Å². The number of ether oxygens (including phenoxy) is 1. The van der Waals surface area contributed by atoms with Crippen LogP contribution in [-0.4, -0.2) is 51.1 Å². The fourth-order valence-corrected chi connectivity index (χ4v) is 1.27. The normalized spacial score (nSPS) is 49.2.